The van der Waals surface area contributed by atoms with E-state index in [-0.39, 0.29) is 11.2 Å². The molecule has 0 aliphatic carbocycles. The van der Waals surface area contributed by atoms with E-state index in [0.717, 1.165) is 38.1 Å². The molecule has 0 amide bonds. The number of hydrogen-bond acceptors (Lipinski definition) is 5. The maximum atomic E-state index is 12.0. The topological polar surface area (TPSA) is 54.0 Å². The van der Waals surface area contributed by atoms with E-state index in [9.17, 15) is 4.79 Å². The van der Waals surface area contributed by atoms with E-state index in [1.165, 1.54) is 0 Å². The van der Waals surface area contributed by atoms with Crippen LogP contribution in [-0.2, 0) is 18.3 Å². The Bertz CT molecular complexity index is 517. The van der Waals surface area contributed by atoms with E-state index in [2.05, 4.69) is 0 Å². The lowest BCUT2D eigenvalue weighted by Gasteiger charge is -2.48. The fraction of sp³-hybridized carbons (Fsp3) is 0.611. The lowest BCUT2D eigenvalue weighted by Crippen LogP contribution is -2.64. The zero-order chi connectivity index (χ0) is 17.5. The molecule has 0 bridgehead atoms. The maximum Gasteiger partial charge on any atom is 0.370 e. The van der Waals surface area contributed by atoms with Crippen molar-refractivity contribution in [3.63, 3.8) is 0 Å². The second kappa shape index (κ2) is 8.76. The lowest BCUT2D eigenvalue weighted by atomic mass is 10.1. The van der Waals surface area contributed by atoms with Crippen molar-refractivity contribution in [2.24, 2.45) is 0 Å². The van der Waals surface area contributed by atoms with Crippen LogP contribution in [0, 0.1) is 0 Å². The van der Waals surface area contributed by atoms with Crippen molar-refractivity contribution < 1.29 is 23.1 Å². The minimum Gasteiger partial charge on any atom is -0.462 e. The van der Waals surface area contributed by atoms with Crippen molar-refractivity contribution in [3.8, 4) is 0 Å². The summed E-state index contributed by atoms with van der Waals surface area (Å²) in [6.45, 7) is 0.372. The summed E-state index contributed by atoms with van der Waals surface area (Å²) in [4.78, 5) is 12.0. The summed E-state index contributed by atoms with van der Waals surface area (Å²) in [7, 11) is 2.78. The number of ether oxygens (including phenoxy) is 2. The third kappa shape index (κ3) is 3.88. The van der Waals surface area contributed by atoms with E-state index in [0.29, 0.717) is 12.2 Å². The van der Waals surface area contributed by atoms with Gasteiger partial charge in [-0.1, -0.05) is 31.0 Å². The van der Waals surface area contributed by atoms with Gasteiger partial charge in [-0.2, -0.15) is 0 Å². The van der Waals surface area contributed by atoms with Crippen molar-refractivity contribution in [2.45, 2.75) is 43.4 Å². The Labute approximate surface area is 145 Å². The fourth-order valence-electron chi connectivity index (χ4n) is 3.70. The summed E-state index contributed by atoms with van der Waals surface area (Å²) >= 11 is 0. The van der Waals surface area contributed by atoms with Gasteiger partial charge in [0, 0.05) is 21.3 Å². The highest BCUT2D eigenvalue weighted by Gasteiger charge is 2.58. The summed E-state index contributed by atoms with van der Waals surface area (Å²) in [6, 6.07) is 9.99. The van der Waals surface area contributed by atoms with Crippen molar-refractivity contribution in [1.82, 2.24) is 0 Å². The Morgan fingerprint density at radius 1 is 1.12 bits per heavy atom. The number of carbonyl (C=O) groups excluding carboxylic acids is 1. The highest BCUT2D eigenvalue weighted by atomic mass is 28.4. The van der Waals surface area contributed by atoms with E-state index in [4.69, 9.17) is 18.3 Å². The van der Waals surface area contributed by atoms with Gasteiger partial charge in [0.15, 0.2) is 0 Å². The van der Waals surface area contributed by atoms with Gasteiger partial charge in [0.1, 0.15) is 5.22 Å². The van der Waals surface area contributed by atoms with Gasteiger partial charge in [-0.25, -0.2) is 4.79 Å². The molecule has 6 heteroatoms. The van der Waals surface area contributed by atoms with Gasteiger partial charge < -0.3 is 18.3 Å². The number of hydrogen-bond donors (Lipinski definition) is 0. The Morgan fingerprint density at radius 2 is 1.83 bits per heavy atom. The molecule has 1 saturated heterocycles. The first-order chi connectivity index (χ1) is 11.6. The summed E-state index contributed by atoms with van der Waals surface area (Å²) in [5.74, 6) is -0.285. The minimum absolute atomic E-state index is 0.285. The van der Waals surface area contributed by atoms with E-state index < -0.39 is 8.56 Å². The van der Waals surface area contributed by atoms with Crippen LogP contribution in [0.1, 0.15) is 42.5 Å². The van der Waals surface area contributed by atoms with Crippen LogP contribution < -0.4 is 0 Å². The molecule has 1 aliphatic heterocycles. The smallest absolute Gasteiger partial charge is 0.370 e. The molecule has 0 radical (unpaired) electrons. The minimum atomic E-state index is -2.41. The molecule has 1 fully saturated rings. The number of esters is 1. The molecular formula is C18H28O5Si. The molecule has 2 rings (SSSR count). The summed E-state index contributed by atoms with van der Waals surface area (Å²) in [5.41, 5.74) is 0.578. The van der Waals surface area contributed by atoms with Gasteiger partial charge in [-0.15, -0.1) is 0 Å². The van der Waals surface area contributed by atoms with Crippen molar-refractivity contribution in [3.05, 3.63) is 35.9 Å². The molecule has 1 atom stereocenters. The fourth-order valence-corrected chi connectivity index (χ4v) is 7.62. The molecule has 0 aromatic heterocycles. The average molecular weight is 353 g/mol. The van der Waals surface area contributed by atoms with Crippen LogP contribution in [0.15, 0.2) is 30.3 Å². The third-order valence-electron chi connectivity index (χ3n) is 5.05. The molecule has 1 aliphatic rings. The Morgan fingerprint density at radius 3 is 2.46 bits per heavy atom. The van der Waals surface area contributed by atoms with Crippen LogP contribution >= 0.6 is 0 Å². The van der Waals surface area contributed by atoms with Crippen LogP contribution in [0.2, 0.25) is 6.04 Å². The van der Waals surface area contributed by atoms with Gasteiger partial charge in [-0.05, 0) is 37.4 Å². The van der Waals surface area contributed by atoms with Crippen LogP contribution in [0.25, 0.3) is 0 Å². The van der Waals surface area contributed by atoms with E-state index in [1.54, 1.807) is 33.5 Å². The van der Waals surface area contributed by atoms with Gasteiger partial charge >= 0.3 is 14.5 Å². The molecule has 0 spiro atoms. The normalized spacial score (nSPS) is 23.0. The molecule has 134 valence electrons. The second-order valence-electron chi connectivity index (χ2n) is 6.17. The zero-order valence-corrected chi connectivity index (χ0v) is 15.9. The lowest BCUT2D eigenvalue weighted by molar-refractivity contribution is -0.0194. The predicted molar refractivity (Wildman–Crippen MR) is 94.1 cm³/mol. The summed E-state index contributed by atoms with van der Waals surface area (Å²) in [5, 5.41) is -0.367. The highest BCUT2D eigenvalue weighted by Crippen LogP contribution is 2.42. The molecule has 1 aromatic carbocycles. The second-order valence-corrected chi connectivity index (χ2v) is 9.91. The monoisotopic (exact) mass is 352 g/mol. The molecule has 5 nitrogen and oxygen atoms in total. The maximum absolute atomic E-state index is 12.0. The van der Waals surface area contributed by atoms with Gasteiger partial charge in [0.05, 0.1) is 12.2 Å². The Hall–Kier alpha value is -1.21. The number of methoxy groups -OCH3 is 1. The standard InChI is InChI=1S/C18H28O5Si/c1-20-18(12-7-8-15-24(18,21-2)22-3)13-9-14-23-17(19)16-10-5-4-6-11-16/h4-6,10-11H,7-9,12-15H2,1-3H3. The SMILES string of the molecule is COC1(CCCOC(=O)c2ccccc2)CCCC[Si]1(OC)OC. The molecule has 24 heavy (non-hydrogen) atoms. The van der Waals surface area contributed by atoms with Crippen LogP contribution in [-0.4, -0.2) is 47.7 Å². The van der Waals surface area contributed by atoms with E-state index in [1.807, 2.05) is 18.2 Å². The van der Waals surface area contributed by atoms with Crippen LogP contribution in [0.4, 0.5) is 0 Å². The quantitative estimate of drug-likeness (QED) is 0.407. The average Bonchev–Trinajstić information content (AvgIpc) is 2.66. The largest absolute Gasteiger partial charge is 0.462 e. The van der Waals surface area contributed by atoms with Crippen molar-refractivity contribution in [2.75, 3.05) is 27.9 Å². The van der Waals surface area contributed by atoms with E-state index >= 15 is 0 Å². The van der Waals surface area contributed by atoms with Crippen molar-refractivity contribution >= 4 is 14.5 Å². The predicted octanol–water partition coefficient (Wildman–Crippen LogP) is 3.47. The van der Waals surface area contributed by atoms with Crippen molar-refractivity contribution in [1.29, 1.82) is 0 Å². The number of benzene rings is 1. The first kappa shape index (κ1) is 19.1. The van der Waals surface area contributed by atoms with Gasteiger partial charge in [-0.3, -0.25) is 0 Å². The molecular weight excluding hydrogens is 324 g/mol. The van der Waals surface area contributed by atoms with Gasteiger partial charge in [0.25, 0.3) is 0 Å². The third-order valence-corrected chi connectivity index (χ3v) is 9.47. The molecule has 0 saturated carbocycles. The van der Waals surface area contributed by atoms with Crippen LogP contribution in [0.5, 0.6) is 0 Å². The number of carbonyl (C=O) groups is 1. The molecule has 1 heterocycles. The highest BCUT2D eigenvalue weighted by molar-refractivity contribution is 6.70. The molecule has 0 N–H and O–H groups in total. The Kier molecular flexibility index (Phi) is 6.98. The zero-order valence-electron chi connectivity index (χ0n) is 14.9. The first-order valence-electron chi connectivity index (χ1n) is 8.51. The van der Waals surface area contributed by atoms with Crippen LogP contribution in [0.3, 0.4) is 0 Å². The molecule has 1 aromatic rings. The molecule has 1 unspecified atom stereocenters. The summed E-state index contributed by atoms with van der Waals surface area (Å²) < 4.78 is 23.1. The first-order valence-corrected chi connectivity index (χ1v) is 10.5. The number of rotatable bonds is 8. The summed E-state index contributed by atoms with van der Waals surface area (Å²) in [6.07, 6.45) is 4.67. The van der Waals surface area contributed by atoms with Gasteiger partial charge in [0.2, 0.25) is 0 Å². The Balaban J connectivity index is 1.92.